The smallest absolute Gasteiger partial charge is 0.417 e. The van der Waals surface area contributed by atoms with E-state index in [2.05, 4.69) is 0 Å². The van der Waals surface area contributed by atoms with Crippen molar-refractivity contribution in [3.63, 3.8) is 0 Å². The number of nitrogens with zero attached hydrogens (tertiary/aromatic N) is 2. The van der Waals surface area contributed by atoms with Crippen molar-refractivity contribution in [2.24, 2.45) is 11.3 Å². The Bertz CT molecular complexity index is 742. The molecule has 0 aromatic heterocycles. The first kappa shape index (κ1) is 16.9. The van der Waals surface area contributed by atoms with E-state index in [0.29, 0.717) is 25.9 Å². The lowest BCUT2D eigenvalue weighted by molar-refractivity contribution is -0.131. The third kappa shape index (κ3) is 2.62. The largest absolute Gasteiger partial charge is 0.465 e. The van der Waals surface area contributed by atoms with Gasteiger partial charge in [-0.25, -0.2) is 14.5 Å². The molecule has 1 saturated carbocycles. The van der Waals surface area contributed by atoms with Gasteiger partial charge in [0.15, 0.2) is 0 Å². The molecule has 138 valence electrons. The van der Waals surface area contributed by atoms with E-state index in [-0.39, 0.29) is 23.3 Å². The van der Waals surface area contributed by atoms with Crippen molar-refractivity contribution < 1.29 is 24.2 Å². The van der Waals surface area contributed by atoms with E-state index in [1.165, 1.54) is 9.80 Å². The van der Waals surface area contributed by atoms with Gasteiger partial charge in [0.25, 0.3) is 0 Å². The van der Waals surface area contributed by atoms with E-state index in [1.807, 2.05) is 37.3 Å². The summed E-state index contributed by atoms with van der Waals surface area (Å²) in [7, 11) is 0. The molecular formula is C19H22N2O5. The normalized spacial score (nSPS) is 29.6. The Balaban J connectivity index is 1.45. The summed E-state index contributed by atoms with van der Waals surface area (Å²) in [4.78, 5) is 39.1. The van der Waals surface area contributed by atoms with Crippen LogP contribution in [0.4, 0.5) is 9.59 Å². The Kier molecular flexibility index (Phi) is 3.89. The summed E-state index contributed by atoms with van der Waals surface area (Å²) in [6.45, 7) is 2.74. The maximum absolute atomic E-state index is 13.0. The van der Waals surface area contributed by atoms with E-state index in [9.17, 15) is 14.4 Å². The number of hydrogen-bond donors (Lipinski definition) is 1. The molecule has 0 unspecified atom stereocenters. The number of hydrogen-bond acceptors (Lipinski definition) is 4. The minimum Gasteiger partial charge on any atom is -0.465 e. The highest BCUT2D eigenvalue weighted by atomic mass is 16.6. The lowest BCUT2D eigenvalue weighted by Crippen LogP contribution is -2.42. The highest BCUT2D eigenvalue weighted by molar-refractivity contribution is 5.97. The maximum Gasteiger partial charge on any atom is 0.417 e. The van der Waals surface area contributed by atoms with Crippen LogP contribution in [0, 0.1) is 11.3 Å². The number of ether oxygens (including phenoxy) is 1. The van der Waals surface area contributed by atoms with Gasteiger partial charge in [-0.3, -0.25) is 4.79 Å². The molecule has 1 aliphatic carbocycles. The second kappa shape index (κ2) is 6.00. The zero-order valence-electron chi connectivity index (χ0n) is 14.6. The van der Waals surface area contributed by atoms with E-state index in [1.54, 1.807) is 0 Å². The molecule has 1 spiro atoms. The first-order chi connectivity index (χ1) is 12.4. The van der Waals surface area contributed by atoms with E-state index in [4.69, 9.17) is 9.84 Å². The van der Waals surface area contributed by atoms with Crippen molar-refractivity contribution in [1.29, 1.82) is 0 Å². The fourth-order valence-corrected chi connectivity index (χ4v) is 4.41. The number of imide groups is 1. The highest BCUT2D eigenvalue weighted by Gasteiger charge is 2.62. The minimum absolute atomic E-state index is 0.145. The molecule has 26 heavy (non-hydrogen) atoms. The first-order valence-corrected chi connectivity index (χ1v) is 8.99. The SMILES string of the molecule is C[C@@H]1[C@H](c2ccccc2)OC(=O)N1C(=O)[C@@H]1CC12CCN(C(=O)O)CC2. The van der Waals surface area contributed by atoms with Crippen LogP contribution < -0.4 is 0 Å². The van der Waals surface area contributed by atoms with Gasteiger partial charge in [0.2, 0.25) is 5.91 Å². The number of piperidine rings is 1. The summed E-state index contributed by atoms with van der Waals surface area (Å²) in [6.07, 6.45) is 0.138. The van der Waals surface area contributed by atoms with E-state index in [0.717, 1.165) is 12.0 Å². The van der Waals surface area contributed by atoms with Crippen molar-refractivity contribution in [2.75, 3.05) is 13.1 Å². The van der Waals surface area contributed by atoms with Gasteiger partial charge in [-0.05, 0) is 37.2 Å². The van der Waals surface area contributed by atoms with Gasteiger partial charge in [-0.2, -0.15) is 0 Å². The molecule has 2 heterocycles. The topological polar surface area (TPSA) is 87.2 Å². The Morgan fingerprint density at radius 1 is 1.19 bits per heavy atom. The molecule has 3 fully saturated rings. The third-order valence-electron chi connectivity index (χ3n) is 6.15. The third-order valence-corrected chi connectivity index (χ3v) is 6.15. The van der Waals surface area contributed by atoms with Gasteiger partial charge >= 0.3 is 12.2 Å². The van der Waals surface area contributed by atoms with E-state index >= 15 is 0 Å². The molecule has 7 nitrogen and oxygen atoms in total. The second-order valence-electron chi connectivity index (χ2n) is 7.55. The first-order valence-electron chi connectivity index (χ1n) is 8.99. The molecule has 3 atom stereocenters. The number of rotatable bonds is 2. The van der Waals surface area contributed by atoms with Crippen LogP contribution in [-0.4, -0.2) is 52.1 Å². The molecule has 2 aliphatic heterocycles. The molecule has 2 saturated heterocycles. The van der Waals surface area contributed by atoms with Crippen molar-refractivity contribution in [3.8, 4) is 0 Å². The summed E-state index contributed by atoms with van der Waals surface area (Å²) in [6, 6.07) is 9.09. The number of benzene rings is 1. The number of carbonyl (C=O) groups excluding carboxylic acids is 2. The van der Waals surface area contributed by atoms with E-state index < -0.39 is 18.3 Å². The number of carboxylic acid groups (broad SMARTS) is 1. The van der Waals surface area contributed by atoms with Gasteiger partial charge in [-0.1, -0.05) is 30.3 Å². The average Bonchev–Trinajstić information content (AvgIpc) is 3.24. The van der Waals surface area contributed by atoms with Crippen LogP contribution >= 0.6 is 0 Å². The minimum atomic E-state index is -0.911. The zero-order chi connectivity index (χ0) is 18.5. The maximum atomic E-state index is 13.0. The van der Waals surface area contributed by atoms with Crippen LogP contribution in [0.2, 0.25) is 0 Å². The summed E-state index contributed by atoms with van der Waals surface area (Å²) < 4.78 is 5.48. The van der Waals surface area contributed by atoms with Crippen LogP contribution in [-0.2, 0) is 9.53 Å². The summed E-state index contributed by atoms with van der Waals surface area (Å²) in [5.74, 6) is -0.382. The predicted molar refractivity (Wildman–Crippen MR) is 91.3 cm³/mol. The number of amides is 3. The lowest BCUT2D eigenvalue weighted by atomic mass is 9.90. The van der Waals surface area contributed by atoms with Gasteiger partial charge in [0, 0.05) is 19.0 Å². The molecular weight excluding hydrogens is 336 g/mol. The Hall–Kier alpha value is -2.57. The molecule has 0 bridgehead atoms. The second-order valence-corrected chi connectivity index (χ2v) is 7.55. The van der Waals surface area contributed by atoms with Crippen LogP contribution in [0.3, 0.4) is 0 Å². The molecule has 1 aromatic rings. The van der Waals surface area contributed by atoms with Crippen molar-refractivity contribution in [2.45, 2.75) is 38.3 Å². The van der Waals surface area contributed by atoms with Crippen molar-refractivity contribution in [1.82, 2.24) is 9.80 Å². The van der Waals surface area contributed by atoms with Crippen LogP contribution in [0.1, 0.15) is 37.9 Å². The molecule has 7 heteroatoms. The van der Waals surface area contributed by atoms with Gasteiger partial charge in [-0.15, -0.1) is 0 Å². The van der Waals surface area contributed by atoms with Gasteiger partial charge < -0.3 is 14.7 Å². The quantitative estimate of drug-likeness (QED) is 0.878. The lowest BCUT2D eigenvalue weighted by Gasteiger charge is -2.31. The molecule has 1 N–H and O–H groups in total. The summed E-state index contributed by atoms with van der Waals surface area (Å²) in [5, 5.41) is 9.07. The molecule has 3 amide bonds. The fraction of sp³-hybridized carbons (Fsp3) is 0.526. The predicted octanol–water partition coefficient (Wildman–Crippen LogP) is 2.88. The molecule has 0 radical (unpaired) electrons. The Labute approximate surface area is 151 Å². The summed E-state index contributed by atoms with van der Waals surface area (Å²) in [5.41, 5.74) is 0.734. The fourth-order valence-electron chi connectivity index (χ4n) is 4.41. The molecule has 3 aliphatic rings. The van der Waals surface area contributed by atoms with Gasteiger partial charge in [0.1, 0.15) is 6.10 Å². The van der Waals surface area contributed by atoms with Crippen molar-refractivity contribution >= 4 is 18.1 Å². The average molecular weight is 358 g/mol. The van der Waals surface area contributed by atoms with Crippen LogP contribution in [0.5, 0.6) is 0 Å². The molecule has 4 rings (SSSR count). The monoisotopic (exact) mass is 358 g/mol. The van der Waals surface area contributed by atoms with Crippen LogP contribution in [0.15, 0.2) is 30.3 Å². The zero-order valence-corrected chi connectivity index (χ0v) is 14.6. The number of carbonyl (C=O) groups is 3. The standard InChI is InChI=1S/C19H22N2O5/c1-12-15(13-5-3-2-4-6-13)26-18(25)21(12)16(22)14-11-19(14)7-9-20(10-8-19)17(23)24/h2-6,12,14-15H,7-11H2,1H3,(H,23,24)/t12-,14+,15-/m1/s1. The van der Waals surface area contributed by atoms with Crippen molar-refractivity contribution in [3.05, 3.63) is 35.9 Å². The summed E-state index contributed by atoms with van der Waals surface area (Å²) >= 11 is 0. The number of likely N-dealkylation sites (tertiary alicyclic amines) is 1. The Morgan fingerprint density at radius 3 is 2.46 bits per heavy atom. The van der Waals surface area contributed by atoms with Gasteiger partial charge in [0.05, 0.1) is 6.04 Å². The Morgan fingerprint density at radius 2 is 1.85 bits per heavy atom. The highest BCUT2D eigenvalue weighted by Crippen LogP contribution is 2.60. The molecule has 1 aromatic carbocycles. The number of cyclic esters (lactones) is 1. The van der Waals surface area contributed by atoms with Crippen LogP contribution in [0.25, 0.3) is 0 Å².